The first-order chi connectivity index (χ1) is 7.27. The number of nitrogens with zero attached hydrogens (tertiary/aromatic N) is 2. The lowest BCUT2D eigenvalue weighted by Crippen LogP contribution is -2.49. The van der Waals surface area contributed by atoms with Crippen molar-refractivity contribution in [2.45, 2.75) is 33.7 Å². The molecular weight excluding hydrogens is 228 g/mol. The van der Waals surface area contributed by atoms with Crippen LogP contribution in [0.3, 0.4) is 0 Å². The highest BCUT2D eigenvalue weighted by atomic mass is 32.2. The summed E-state index contributed by atoms with van der Waals surface area (Å²) in [5, 5.41) is 7.21. The quantitative estimate of drug-likeness (QED) is 0.500. The molecule has 0 heterocycles. The van der Waals surface area contributed by atoms with Crippen molar-refractivity contribution in [2.24, 2.45) is 5.73 Å². The average molecular weight is 250 g/mol. The molecule has 0 aliphatic rings. The fraction of sp³-hybridized carbons (Fsp3) is 0.889. The highest BCUT2D eigenvalue weighted by Crippen LogP contribution is 2.11. The van der Waals surface area contributed by atoms with Crippen LogP contribution in [0, 0.1) is 5.41 Å². The van der Waals surface area contributed by atoms with Crippen molar-refractivity contribution in [3.63, 3.8) is 0 Å². The van der Waals surface area contributed by atoms with Gasteiger partial charge in [0.25, 0.3) is 10.2 Å². The molecule has 7 heteroatoms. The lowest BCUT2D eigenvalue weighted by atomic mass is 10.4. The molecule has 3 N–H and O–H groups in total. The van der Waals surface area contributed by atoms with E-state index in [-0.39, 0.29) is 18.4 Å². The molecule has 0 aromatic heterocycles. The summed E-state index contributed by atoms with van der Waals surface area (Å²) in [5.41, 5.74) is 5.27. The fourth-order valence-corrected chi connectivity index (χ4v) is 3.18. The highest BCUT2D eigenvalue weighted by Gasteiger charge is 2.30. The van der Waals surface area contributed by atoms with Gasteiger partial charge in [-0.05, 0) is 13.8 Å². The van der Waals surface area contributed by atoms with E-state index in [0.29, 0.717) is 13.1 Å². The van der Waals surface area contributed by atoms with E-state index < -0.39 is 10.2 Å². The largest absolute Gasteiger partial charge is 0.387 e. The zero-order chi connectivity index (χ0) is 12.9. The molecule has 0 rings (SSSR count). The van der Waals surface area contributed by atoms with E-state index in [1.54, 1.807) is 27.7 Å². The summed E-state index contributed by atoms with van der Waals surface area (Å²) < 4.78 is 26.9. The van der Waals surface area contributed by atoms with Gasteiger partial charge < -0.3 is 5.73 Å². The Hall–Kier alpha value is -0.660. The molecule has 0 atom stereocenters. The number of hydrogen-bond donors (Lipinski definition) is 2. The van der Waals surface area contributed by atoms with Crippen LogP contribution in [0.15, 0.2) is 0 Å². The van der Waals surface area contributed by atoms with E-state index in [4.69, 9.17) is 11.1 Å². The van der Waals surface area contributed by atoms with Crippen molar-refractivity contribution < 1.29 is 8.42 Å². The molecule has 0 spiro atoms. The van der Waals surface area contributed by atoms with Crippen molar-refractivity contribution >= 4 is 16.0 Å². The van der Waals surface area contributed by atoms with Gasteiger partial charge in [0.1, 0.15) is 5.84 Å². The van der Waals surface area contributed by atoms with Gasteiger partial charge in [-0.3, -0.25) is 5.41 Å². The van der Waals surface area contributed by atoms with E-state index in [9.17, 15) is 8.42 Å². The maximum Gasteiger partial charge on any atom is 0.282 e. The van der Waals surface area contributed by atoms with Crippen LogP contribution >= 0.6 is 0 Å². The number of rotatable bonds is 7. The maximum atomic E-state index is 12.2. The molecule has 0 amide bonds. The Balaban J connectivity index is 5.11. The molecule has 0 fully saturated rings. The maximum absolute atomic E-state index is 12.2. The van der Waals surface area contributed by atoms with Crippen LogP contribution in [0.4, 0.5) is 0 Å². The first kappa shape index (κ1) is 15.3. The molecule has 6 nitrogen and oxygen atoms in total. The smallest absolute Gasteiger partial charge is 0.282 e. The van der Waals surface area contributed by atoms with Crippen molar-refractivity contribution in [1.82, 2.24) is 8.61 Å². The Morgan fingerprint density at radius 3 is 2.00 bits per heavy atom. The van der Waals surface area contributed by atoms with Crippen LogP contribution in [0.1, 0.15) is 27.7 Å². The van der Waals surface area contributed by atoms with Crippen LogP contribution < -0.4 is 5.73 Å². The molecule has 0 aliphatic heterocycles. The van der Waals surface area contributed by atoms with Crippen LogP contribution in [0.2, 0.25) is 0 Å². The average Bonchev–Trinajstić information content (AvgIpc) is 2.14. The summed E-state index contributed by atoms with van der Waals surface area (Å²) in [5.74, 6) is -0.149. The third kappa shape index (κ3) is 3.73. The second-order valence-corrected chi connectivity index (χ2v) is 5.64. The molecule has 96 valence electrons. The summed E-state index contributed by atoms with van der Waals surface area (Å²) in [6.45, 7) is 7.88. The Morgan fingerprint density at radius 1 is 1.31 bits per heavy atom. The summed E-state index contributed by atoms with van der Waals surface area (Å²) in [6, 6.07) is -0.213. The molecule has 0 saturated heterocycles. The van der Waals surface area contributed by atoms with E-state index >= 15 is 0 Å². The van der Waals surface area contributed by atoms with E-state index in [1.807, 2.05) is 0 Å². The highest BCUT2D eigenvalue weighted by molar-refractivity contribution is 7.86. The lowest BCUT2D eigenvalue weighted by Gasteiger charge is -2.30. The van der Waals surface area contributed by atoms with Gasteiger partial charge in [-0.15, -0.1) is 0 Å². The third-order valence-corrected chi connectivity index (χ3v) is 4.54. The molecular formula is C9H22N4O2S. The van der Waals surface area contributed by atoms with Gasteiger partial charge in [0.2, 0.25) is 0 Å². The number of amidine groups is 1. The zero-order valence-corrected chi connectivity index (χ0v) is 11.2. The fourth-order valence-electron chi connectivity index (χ4n) is 1.40. The van der Waals surface area contributed by atoms with Crippen molar-refractivity contribution in [3.8, 4) is 0 Å². The van der Waals surface area contributed by atoms with Gasteiger partial charge in [0, 0.05) is 19.1 Å². The van der Waals surface area contributed by atoms with Gasteiger partial charge in [-0.25, -0.2) is 0 Å². The standard InChI is InChI=1S/C9H22N4O2S/c1-5-12(6-2)16(14,15)13(8(3)4)7-9(10)11/h8H,5-7H2,1-4H3,(H3,10,11). The van der Waals surface area contributed by atoms with Gasteiger partial charge in [0.05, 0.1) is 6.54 Å². The summed E-state index contributed by atoms with van der Waals surface area (Å²) in [7, 11) is -3.51. The Labute approximate surface area is 98.1 Å². The zero-order valence-electron chi connectivity index (χ0n) is 10.4. The predicted octanol–water partition coefficient (Wildman–Crippen LogP) is 0.219. The molecule has 0 bridgehead atoms. The topological polar surface area (TPSA) is 90.5 Å². The molecule has 0 radical (unpaired) electrons. The lowest BCUT2D eigenvalue weighted by molar-refractivity contribution is 0.334. The van der Waals surface area contributed by atoms with Gasteiger partial charge >= 0.3 is 0 Å². The molecule has 0 aliphatic carbocycles. The Bertz CT molecular complexity index is 322. The SMILES string of the molecule is CCN(CC)S(=O)(=O)N(CC(=N)N)C(C)C. The van der Waals surface area contributed by atoms with E-state index in [0.717, 1.165) is 0 Å². The van der Waals surface area contributed by atoms with Crippen LogP contribution in [-0.4, -0.2) is 48.5 Å². The first-order valence-corrected chi connectivity index (χ1v) is 6.76. The second kappa shape index (κ2) is 6.17. The van der Waals surface area contributed by atoms with Crippen LogP contribution in [-0.2, 0) is 10.2 Å². The summed E-state index contributed by atoms with van der Waals surface area (Å²) in [4.78, 5) is 0. The van der Waals surface area contributed by atoms with Crippen molar-refractivity contribution in [3.05, 3.63) is 0 Å². The number of hydrogen-bond acceptors (Lipinski definition) is 3. The van der Waals surface area contributed by atoms with Crippen LogP contribution in [0.25, 0.3) is 0 Å². The van der Waals surface area contributed by atoms with Crippen LogP contribution in [0.5, 0.6) is 0 Å². The molecule has 0 aromatic rings. The number of nitrogens with one attached hydrogen (secondary N) is 1. The minimum atomic E-state index is -3.51. The summed E-state index contributed by atoms with van der Waals surface area (Å²) >= 11 is 0. The Morgan fingerprint density at radius 2 is 1.75 bits per heavy atom. The van der Waals surface area contributed by atoms with Gasteiger partial charge in [-0.1, -0.05) is 13.8 Å². The normalized spacial score (nSPS) is 12.7. The van der Waals surface area contributed by atoms with Gasteiger partial charge in [0.15, 0.2) is 0 Å². The molecule has 16 heavy (non-hydrogen) atoms. The minimum absolute atomic E-state index is 0.0590. The number of nitrogens with two attached hydrogens (primary N) is 1. The first-order valence-electron chi connectivity index (χ1n) is 5.37. The Kier molecular flexibility index (Phi) is 5.91. The molecule has 0 saturated carbocycles. The summed E-state index contributed by atoms with van der Waals surface area (Å²) in [6.07, 6.45) is 0. The predicted molar refractivity (Wildman–Crippen MR) is 65.6 cm³/mol. The third-order valence-electron chi connectivity index (χ3n) is 2.23. The van der Waals surface area contributed by atoms with Crippen molar-refractivity contribution in [1.29, 1.82) is 5.41 Å². The minimum Gasteiger partial charge on any atom is -0.387 e. The molecule has 0 aromatic carbocycles. The monoisotopic (exact) mass is 250 g/mol. The molecule has 0 unspecified atom stereocenters. The van der Waals surface area contributed by atoms with Gasteiger partial charge in [-0.2, -0.15) is 17.0 Å². The van der Waals surface area contributed by atoms with E-state index in [1.165, 1.54) is 8.61 Å². The van der Waals surface area contributed by atoms with Crippen molar-refractivity contribution in [2.75, 3.05) is 19.6 Å². The second-order valence-electron chi connectivity index (χ2n) is 3.76. The van der Waals surface area contributed by atoms with E-state index in [2.05, 4.69) is 0 Å².